The van der Waals surface area contributed by atoms with Crippen LogP contribution in [-0.2, 0) is 0 Å². The number of hydrogen-bond acceptors (Lipinski definition) is 2. The third kappa shape index (κ3) is 5.10. The zero-order chi connectivity index (χ0) is 31.9. The molecule has 2 heteroatoms. The van der Waals surface area contributed by atoms with Crippen molar-refractivity contribution in [3.8, 4) is 22.3 Å². The molecule has 1 aliphatic heterocycles. The highest BCUT2D eigenvalue weighted by atomic mass is 14.8. The molecular weight excluding hydrogens is 581 g/mol. The maximum Gasteiger partial charge on any atom is 0.0803 e. The SMILES string of the molecule is c1ccc(-c2cccc(C3=Nc4cc5ccccc5cc4C(c4cccc(-c5ccccc5)c4)=Nc4cc5ccccc5cc43)c2)cc1. The van der Waals surface area contributed by atoms with E-state index in [0.717, 1.165) is 77.7 Å². The second kappa shape index (κ2) is 11.8. The molecule has 0 N–H and O–H groups in total. The summed E-state index contributed by atoms with van der Waals surface area (Å²) in [5.41, 5.74) is 12.4. The van der Waals surface area contributed by atoms with E-state index in [1.54, 1.807) is 0 Å². The fourth-order valence-electron chi connectivity index (χ4n) is 6.78. The van der Waals surface area contributed by atoms with Gasteiger partial charge in [0.25, 0.3) is 0 Å². The first-order valence-corrected chi connectivity index (χ1v) is 16.3. The Morgan fingerprint density at radius 3 is 1.00 bits per heavy atom. The second-order valence-corrected chi connectivity index (χ2v) is 12.2. The number of nitrogens with zero attached hydrogens (tertiary/aromatic N) is 2. The third-order valence-electron chi connectivity index (χ3n) is 9.19. The Balaban J connectivity index is 1.34. The standard InChI is InChI=1S/C46H30N2/c1-3-13-31(14-4-1)33-21-11-23-39(25-33)45-41-27-35-17-7-9-19-37(35)29-43(41)48-46(40-24-12-22-34(26-40)32-15-5-2-6-16-32)42-28-36-18-8-10-20-38(36)30-44(42)47-45/h1-30H. The summed E-state index contributed by atoms with van der Waals surface area (Å²) in [6, 6.07) is 64.5. The molecule has 2 nitrogen and oxygen atoms in total. The van der Waals surface area contributed by atoms with E-state index in [2.05, 4.69) is 182 Å². The number of hydrogen-bond donors (Lipinski definition) is 0. The van der Waals surface area contributed by atoms with Crippen LogP contribution in [0.4, 0.5) is 11.4 Å². The largest absolute Gasteiger partial charge is 0.247 e. The summed E-state index contributed by atoms with van der Waals surface area (Å²) in [5, 5.41) is 4.61. The van der Waals surface area contributed by atoms with E-state index >= 15 is 0 Å². The fraction of sp³-hybridized carbons (Fsp3) is 0. The molecule has 0 saturated heterocycles. The highest BCUT2D eigenvalue weighted by Crippen LogP contribution is 2.38. The lowest BCUT2D eigenvalue weighted by Crippen LogP contribution is -2.11. The van der Waals surface area contributed by atoms with E-state index in [1.807, 2.05) is 0 Å². The molecule has 0 unspecified atom stereocenters. The average molecular weight is 611 g/mol. The molecule has 0 radical (unpaired) electrons. The molecule has 1 heterocycles. The van der Waals surface area contributed by atoms with Crippen molar-refractivity contribution < 1.29 is 0 Å². The molecule has 0 aliphatic carbocycles. The van der Waals surface area contributed by atoms with Gasteiger partial charge in [-0.3, -0.25) is 0 Å². The Bertz CT molecular complexity index is 2360. The first kappa shape index (κ1) is 27.9. The van der Waals surface area contributed by atoms with Crippen LogP contribution in [0.15, 0.2) is 192 Å². The van der Waals surface area contributed by atoms with Crippen molar-refractivity contribution in [3.63, 3.8) is 0 Å². The van der Waals surface area contributed by atoms with Gasteiger partial charge in [0, 0.05) is 22.3 Å². The van der Waals surface area contributed by atoms with E-state index in [1.165, 1.54) is 11.1 Å². The lowest BCUT2D eigenvalue weighted by atomic mass is 9.91. The minimum Gasteiger partial charge on any atom is -0.247 e. The van der Waals surface area contributed by atoms with E-state index in [0.29, 0.717) is 0 Å². The highest BCUT2D eigenvalue weighted by molar-refractivity contribution is 6.24. The molecule has 8 aromatic rings. The van der Waals surface area contributed by atoms with E-state index in [-0.39, 0.29) is 0 Å². The molecule has 9 rings (SSSR count). The number of aliphatic imine (C=N–C) groups is 2. The maximum atomic E-state index is 5.59. The van der Waals surface area contributed by atoms with Gasteiger partial charge in [-0.1, -0.05) is 146 Å². The summed E-state index contributed by atoms with van der Waals surface area (Å²) < 4.78 is 0. The van der Waals surface area contributed by atoms with Crippen LogP contribution >= 0.6 is 0 Å². The van der Waals surface area contributed by atoms with Crippen LogP contribution in [0.25, 0.3) is 43.8 Å². The normalized spacial score (nSPS) is 12.4. The smallest absolute Gasteiger partial charge is 0.0803 e. The number of benzene rings is 8. The minimum atomic E-state index is 0.900. The second-order valence-electron chi connectivity index (χ2n) is 12.2. The molecule has 224 valence electrons. The molecule has 0 spiro atoms. The molecule has 48 heavy (non-hydrogen) atoms. The lowest BCUT2D eigenvalue weighted by molar-refractivity contribution is 1.41. The van der Waals surface area contributed by atoms with Crippen LogP contribution in [0.2, 0.25) is 0 Å². The van der Waals surface area contributed by atoms with Gasteiger partial charge in [-0.05, 0) is 80.2 Å². The lowest BCUT2D eigenvalue weighted by Gasteiger charge is -2.20. The van der Waals surface area contributed by atoms with E-state index in [4.69, 9.17) is 9.98 Å². The number of fused-ring (bicyclic) bond motifs is 4. The maximum absolute atomic E-state index is 5.59. The zero-order valence-corrected chi connectivity index (χ0v) is 26.2. The van der Waals surface area contributed by atoms with Crippen molar-refractivity contribution in [2.75, 3.05) is 0 Å². The molecule has 0 saturated carbocycles. The summed E-state index contributed by atoms with van der Waals surface area (Å²) in [6.45, 7) is 0. The van der Waals surface area contributed by atoms with Crippen molar-refractivity contribution in [1.82, 2.24) is 0 Å². The topological polar surface area (TPSA) is 24.7 Å². The van der Waals surface area contributed by atoms with Gasteiger partial charge in [-0.15, -0.1) is 0 Å². The molecule has 0 fully saturated rings. The minimum absolute atomic E-state index is 0.900. The predicted molar refractivity (Wildman–Crippen MR) is 202 cm³/mol. The molecule has 0 atom stereocenters. The summed E-state index contributed by atoms with van der Waals surface area (Å²) in [7, 11) is 0. The van der Waals surface area contributed by atoms with Gasteiger partial charge in [0.05, 0.1) is 22.8 Å². The van der Waals surface area contributed by atoms with Crippen molar-refractivity contribution in [3.05, 3.63) is 204 Å². The molecule has 8 aromatic carbocycles. The number of rotatable bonds is 4. The van der Waals surface area contributed by atoms with Crippen LogP contribution in [-0.4, -0.2) is 11.4 Å². The molecule has 0 amide bonds. The van der Waals surface area contributed by atoms with Gasteiger partial charge in [-0.2, -0.15) is 0 Å². The molecule has 0 bridgehead atoms. The van der Waals surface area contributed by atoms with E-state index in [9.17, 15) is 0 Å². The molecular formula is C46H30N2. The fourth-order valence-corrected chi connectivity index (χ4v) is 6.78. The Labute approximate surface area is 280 Å². The van der Waals surface area contributed by atoms with E-state index < -0.39 is 0 Å². The summed E-state index contributed by atoms with van der Waals surface area (Å²) >= 11 is 0. The van der Waals surface area contributed by atoms with Crippen LogP contribution in [0.1, 0.15) is 22.3 Å². The van der Waals surface area contributed by atoms with Crippen molar-refractivity contribution in [2.45, 2.75) is 0 Å². The molecule has 0 aromatic heterocycles. The quantitative estimate of drug-likeness (QED) is 0.189. The van der Waals surface area contributed by atoms with Crippen molar-refractivity contribution in [2.24, 2.45) is 9.98 Å². The highest BCUT2D eigenvalue weighted by Gasteiger charge is 2.22. The van der Waals surface area contributed by atoms with Crippen LogP contribution in [0.3, 0.4) is 0 Å². The van der Waals surface area contributed by atoms with Gasteiger partial charge >= 0.3 is 0 Å². The van der Waals surface area contributed by atoms with Crippen LogP contribution in [0.5, 0.6) is 0 Å². The van der Waals surface area contributed by atoms with Crippen molar-refractivity contribution in [1.29, 1.82) is 0 Å². The van der Waals surface area contributed by atoms with Gasteiger partial charge in [0.1, 0.15) is 0 Å². The van der Waals surface area contributed by atoms with Gasteiger partial charge in [-0.25, -0.2) is 9.98 Å². The third-order valence-corrected chi connectivity index (χ3v) is 9.19. The molecule has 1 aliphatic rings. The van der Waals surface area contributed by atoms with Gasteiger partial charge < -0.3 is 0 Å². The monoisotopic (exact) mass is 610 g/mol. The van der Waals surface area contributed by atoms with Crippen LogP contribution < -0.4 is 0 Å². The van der Waals surface area contributed by atoms with Gasteiger partial charge in [0.15, 0.2) is 0 Å². The average Bonchev–Trinajstić information content (AvgIpc) is 3.15. The predicted octanol–water partition coefficient (Wildman–Crippen LogP) is 12.0. The zero-order valence-electron chi connectivity index (χ0n) is 26.2. The summed E-state index contributed by atoms with van der Waals surface area (Å²) in [6.07, 6.45) is 0. The first-order chi connectivity index (χ1) is 23.8. The first-order valence-electron chi connectivity index (χ1n) is 16.3. The Hall–Kier alpha value is -6.38. The Morgan fingerprint density at radius 2 is 0.583 bits per heavy atom. The van der Waals surface area contributed by atoms with Gasteiger partial charge in [0.2, 0.25) is 0 Å². The van der Waals surface area contributed by atoms with Crippen molar-refractivity contribution >= 4 is 44.3 Å². The Kier molecular flexibility index (Phi) is 6.84. The Morgan fingerprint density at radius 1 is 0.250 bits per heavy atom. The van der Waals surface area contributed by atoms with Crippen LogP contribution in [0, 0.1) is 0 Å². The summed E-state index contributed by atoms with van der Waals surface area (Å²) in [4.78, 5) is 11.2. The summed E-state index contributed by atoms with van der Waals surface area (Å²) in [5.74, 6) is 0.